The summed E-state index contributed by atoms with van der Waals surface area (Å²) in [6.45, 7) is 3.95. The topological polar surface area (TPSA) is 74.5 Å². The number of aliphatic hydroxyl groups excluding tert-OH is 1. The van der Waals surface area contributed by atoms with Gasteiger partial charge in [0.1, 0.15) is 0 Å². The van der Waals surface area contributed by atoms with Crippen LogP contribution in [0.25, 0.3) is 5.69 Å². The Labute approximate surface area is 165 Å². The zero-order valence-corrected chi connectivity index (χ0v) is 16.1. The van der Waals surface area contributed by atoms with E-state index in [1.807, 2.05) is 84.5 Å². The maximum absolute atomic E-state index is 9.73. The van der Waals surface area contributed by atoms with Gasteiger partial charge in [-0.15, -0.1) is 0 Å². The lowest BCUT2D eigenvalue weighted by Crippen LogP contribution is -2.39. The molecule has 0 aliphatic heterocycles. The fourth-order valence-corrected chi connectivity index (χ4v) is 2.91. The van der Waals surface area contributed by atoms with Crippen molar-refractivity contribution >= 4 is 5.96 Å². The quantitative estimate of drug-likeness (QED) is 0.417. The van der Waals surface area contributed by atoms with E-state index >= 15 is 0 Å². The first-order valence-corrected chi connectivity index (χ1v) is 9.58. The molecule has 0 saturated heterocycles. The summed E-state index contributed by atoms with van der Waals surface area (Å²) in [6, 6.07) is 22.0. The summed E-state index contributed by atoms with van der Waals surface area (Å²) in [5.74, 6) is 0.730. The lowest BCUT2D eigenvalue weighted by Gasteiger charge is -2.18. The van der Waals surface area contributed by atoms with Crippen LogP contribution >= 0.6 is 0 Å². The maximum Gasteiger partial charge on any atom is 0.191 e. The normalized spacial score (nSPS) is 12.6. The van der Waals surface area contributed by atoms with Crippen LogP contribution in [0.4, 0.5) is 0 Å². The Kier molecular flexibility index (Phi) is 7.21. The molecule has 6 nitrogen and oxygen atoms in total. The first kappa shape index (κ1) is 19.6. The van der Waals surface area contributed by atoms with Crippen LogP contribution in [-0.2, 0) is 6.54 Å². The minimum atomic E-state index is 0.0161. The van der Waals surface area contributed by atoms with Gasteiger partial charge in [0.25, 0.3) is 0 Å². The van der Waals surface area contributed by atoms with Gasteiger partial charge in [0.05, 0.1) is 24.5 Å². The van der Waals surface area contributed by atoms with Gasteiger partial charge in [-0.05, 0) is 30.7 Å². The molecule has 1 unspecified atom stereocenters. The smallest absolute Gasteiger partial charge is 0.191 e. The molecular weight excluding hydrogens is 350 g/mol. The van der Waals surface area contributed by atoms with Gasteiger partial charge >= 0.3 is 0 Å². The Morgan fingerprint density at radius 1 is 1.04 bits per heavy atom. The first-order valence-electron chi connectivity index (χ1n) is 9.58. The van der Waals surface area contributed by atoms with Gasteiger partial charge in [0.2, 0.25) is 0 Å². The van der Waals surface area contributed by atoms with Gasteiger partial charge in [-0.3, -0.25) is 0 Å². The predicted octanol–water partition coefficient (Wildman–Crippen LogP) is 2.70. The Morgan fingerprint density at radius 3 is 2.43 bits per heavy atom. The monoisotopic (exact) mass is 377 g/mol. The molecule has 3 aromatic rings. The Morgan fingerprint density at radius 2 is 1.75 bits per heavy atom. The van der Waals surface area contributed by atoms with Gasteiger partial charge < -0.3 is 15.7 Å². The van der Waals surface area contributed by atoms with E-state index in [0.29, 0.717) is 19.0 Å². The molecule has 0 radical (unpaired) electrons. The van der Waals surface area contributed by atoms with E-state index in [-0.39, 0.29) is 12.5 Å². The van der Waals surface area contributed by atoms with Crippen molar-refractivity contribution in [3.63, 3.8) is 0 Å². The van der Waals surface area contributed by atoms with E-state index in [9.17, 15) is 5.11 Å². The van der Waals surface area contributed by atoms with Crippen molar-refractivity contribution in [2.75, 3.05) is 19.7 Å². The van der Waals surface area contributed by atoms with Crippen LogP contribution in [0, 0.1) is 0 Å². The lowest BCUT2D eigenvalue weighted by atomic mass is 10.0. The van der Waals surface area contributed by atoms with Gasteiger partial charge in [-0.25, -0.2) is 9.67 Å². The molecule has 1 heterocycles. The molecule has 1 aromatic heterocycles. The van der Waals surface area contributed by atoms with Crippen LogP contribution in [0.1, 0.15) is 24.1 Å². The molecule has 146 valence electrons. The molecular formula is C22H27N5O. The molecule has 2 aromatic carbocycles. The van der Waals surface area contributed by atoms with Crippen molar-refractivity contribution in [3.8, 4) is 5.69 Å². The van der Waals surface area contributed by atoms with E-state index in [0.717, 1.165) is 23.5 Å². The molecule has 0 amide bonds. The second-order valence-corrected chi connectivity index (χ2v) is 6.45. The number of aromatic nitrogens is 2. The second kappa shape index (κ2) is 10.3. The third kappa shape index (κ3) is 5.44. The third-order valence-electron chi connectivity index (χ3n) is 4.42. The highest BCUT2D eigenvalue weighted by atomic mass is 16.3. The number of benzene rings is 2. The number of nitrogens with one attached hydrogen (secondary N) is 2. The molecule has 1 atom stereocenters. The highest BCUT2D eigenvalue weighted by Gasteiger charge is 2.11. The molecule has 28 heavy (non-hydrogen) atoms. The predicted molar refractivity (Wildman–Crippen MR) is 113 cm³/mol. The number of guanidine groups is 1. The molecule has 0 aliphatic carbocycles. The zero-order chi connectivity index (χ0) is 19.6. The van der Waals surface area contributed by atoms with Crippen LogP contribution < -0.4 is 10.6 Å². The SMILES string of the molecule is CCNC(=NCc1ccn(-c2ccccc2)n1)NCC(CO)c1ccccc1. The van der Waals surface area contributed by atoms with Crippen LogP contribution in [0.3, 0.4) is 0 Å². The maximum atomic E-state index is 9.73. The summed E-state index contributed by atoms with van der Waals surface area (Å²) in [5.41, 5.74) is 3.02. The van der Waals surface area contributed by atoms with E-state index in [2.05, 4.69) is 20.7 Å². The minimum Gasteiger partial charge on any atom is -0.396 e. The second-order valence-electron chi connectivity index (χ2n) is 6.45. The largest absolute Gasteiger partial charge is 0.396 e. The molecule has 3 rings (SSSR count). The van der Waals surface area contributed by atoms with Gasteiger partial charge in [0.15, 0.2) is 5.96 Å². The van der Waals surface area contributed by atoms with Gasteiger partial charge in [0, 0.05) is 25.2 Å². The average molecular weight is 377 g/mol. The number of rotatable bonds is 8. The van der Waals surface area contributed by atoms with Gasteiger partial charge in [-0.2, -0.15) is 5.10 Å². The number of aliphatic hydroxyl groups is 1. The molecule has 3 N–H and O–H groups in total. The van der Waals surface area contributed by atoms with Crippen LogP contribution in [0.15, 0.2) is 77.9 Å². The van der Waals surface area contributed by atoms with E-state index in [1.165, 1.54) is 0 Å². The Balaban J connectivity index is 1.62. The van der Waals surface area contributed by atoms with Crippen LogP contribution in [0.5, 0.6) is 0 Å². The van der Waals surface area contributed by atoms with Crippen molar-refractivity contribution < 1.29 is 5.11 Å². The fourth-order valence-electron chi connectivity index (χ4n) is 2.91. The summed E-state index contributed by atoms with van der Waals surface area (Å²) in [7, 11) is 0. The summed E-state index contributed by atoms with van der Waals surface area (Å²) in [4.78, 5) is 4.63. The highest BCUT2D eigenvalue weighted by Crippen LogP contribution is 2.13. The third-order valence-corrected chi connectivity index (χ3v) is 4.42. The number of aliphatic imine (C=N–C) groups is 1. The molecule has 0 aliphatic rings. The number of hydrogen-bond donors (Lipinski definition) is 3. The van der Waals surface area contributed by atoms with E-state index < -0.39 is 0 Å². The molecule has 0 saturated carbocycles. The van der Waals surface area contributed by atoms with E-state index in [1.54, 1.807) is 0 Å². The highest BCUT2D eigenvalue weighted by molar-refractivity contribution is 5.79. The summed E-state index contributed by atoms with van der Waals surface area (Å²) in [6.07, 6.45) is 1.94. The van der Waals surface area contributed by atoms with Crippen molar-refractivity contribution in [1.82, 2.24) is 20.4 Å². The Bertz CT molecular complexity index is 861. The standard InChI is InChI=1S/C22H27N5O/c1-2-23-22(24-15-19(17-28)18-9-5-3-6-10-18)25-16-20-13-14-27(26-20)21-11-7-4-8-12-21/h3-14,19,28H,2,15-17H2,1H3,(H2,23,24,25). The number of hydrogen-bond acceptors (Lipinski definition) is 3. The molecule has 6 heteroatoms. The van der Waals surface area contributed by atoms with Crippen LogP contribution in [-0.4, -0.2) is 40.5 Å². The first-order chi connectivity index (χ1) is 13.8. The lowest BCUT2D eigenvalue weighted by molar-refractivity contribution is 0.265. The van der Waals surface area contributed by atoms with Gasteiger partial charge in [-0.1, -0.05) is 48.5 Å². The van der Waals surface area contributed by atoms with Crippen LogP contribution in [0.2, 0.25) is 0 Å². The summed E-state index contributed by atoms with van der Waals surface area (Å²) >= 11 is 0. The Hall–Kier alpha value is -3.12. The average Bonchev–Trinajstić information content (AvgIpc) is 3.23. The molecule has 0 bridgehead atoms. The molecule has 0 spiro atoms. The van der Waals surface area contributed by atoms with Crippen molar-refractivity contribution in [2.24, 2.45) is 4.99 Å². The minimum absolute atomic E-state index is 0.0161. The zero-order valence-electron chi connectivity index (χ0n) is 16.1. The van der Waals surface area contributed by atoms with Crippen molar-refractivity contribution in [3.05, 3.63) is 84.2 Å². The summed E-state index contributed by atoms with van der Waals surface area (Å²) in [5, 5.41) is 20.9. The van der Waals surface area contributed by atoms with Crippen molar-refractivity contribution in [1.29, 1.82) is 0 Å². The van der Waals surface area contributed by atoms with E-state index in [4.69, 9.17) is 0 Å². The number of nitrogens with zero attached hydrogens (tertiary/aromatic N) is 3. The fraction of sp³-hybridized carbons (Fsp3) is 0.273. The molecule has 0 fully saturated rings. The van der Waals surface area contributed by atoms with Crippen molar-refractivity contribution in [2.45, 2.75) is 19.4 Å². The summed E-state index contributed by atoms with van der Waals surface area (Å²) < 4.78 is 1.85. The number of para-hydroxylation sites is 1.